The third-order valence-electron chi connectivity index (χ3n) is 3.89. The Morgan fingerprint density at radius 3 is 2.70 bits per heavy atom. The Bertz CT molecular complexity index is 533. The van der Waals surface area contributed by atoms with Crippen LogP contribution in [-0.2, 0) is 0 Å². The Labute approximate surface area is 121 Å². The van der Waals surface area contributed by atoms with Gasteiger partial charge in [-0.05, 0) is 31.1 Å². The first-order valence-corrected chi connectivity index (χ1v) is 7.59. The Hall–Kier alpha value is -1.45. The number of pyridine rings is 1. The average molecular weight is 271 g/mol. The molecule has 3 heteroatoms. The molecule has 1 unspecified atom stereocenters. The van der Waals surface area contributed by atoms with Crippen LogP contribution in [0.15, 0.2) is 36.5 Å². The number of nitrogens with zero attached hydrogens (tertiary/aromatic N) is 2. The molecule has 1 aromatic heterocycles. The van der Waals surface area contributed by atoms with Gasteiger partial charge in [0, 0.05) is 24.2 Å². The van der Waals surface area contributed by atoms with E-state index in [1.165, 1.54) is 23.8 Å². The summed E-state index contributed by atoms with van der Waals surface area (Å²) in [5.74, 6) is 0. The van der Waals surface area contributed by atoms with Crippen molar-refractivity contribution in [3.8, 4) is 0 Å². The first-order chi connectivity index (χ1) is 9.81. The van der Waals surface area contributed by atoms with Gasteiger partial charge in [-0.2, -0.15) is 0 Å². The first-order valence-electron chi connectivity index (χ1n) is 7.59. The lowest BCUT2D eigenvalue weighted by Gasteiger charge is -2.30. The van der Waals surface area contributed by atoms with Gasteiger partial charge in [0.05, 0.1) is 5.52 Å². The fraction of sp³-hybridized carbons (Fsp3) is 0.471. The van der Waals surface area contributed by atoms with Gasteiger partial charge >= 0.3 is 0 Å². The highest BCUT2D eigenvalue weighted by Gasteiger charge is 2.19. The zero-order chi connectivity index (χ0) is 14.4. The van der Waals surface area contributed by atoms with Crippen LogP contribution in [0.5, 0.6) is 0 Å². The molecule has 2 rings (SSSR count). The second kappa shape index (κ2) is 7.36. The second-order valence-electron chi connectivity index (χ2n) is 5.16. The molecule has 0 radical (unpaired) electrons. The van der Waals surface area contributed by atoms with Crippen molar-refractivity contribution < 1.29 is 0 Å². The molecule has 0 bridgehead atoms. The molecule has 0 aliphatic carbocycles. The van der Waals surface area contributed by atoms with Gasteiger partial charge in [-0.1, -0.05) is 44.5 Å². The Balaban J connectivity index is 2.37. The van der Waals surface area contributed by atoms with E-state index in [4.69, 9.17) is 5.73 Å². The van der Waals surface area contributed by atoms with Crippen molar-refractivity contribution >= 4 is 10.9 Å². The van der Waals surface area contributed by atoms with Crippen molar-refractivity contribution in [2.75, 3.05) is 19.6 Å². The highest BCUT2D eigenvalue weighted by Crippen LogP contribution is 2.26. The predicted octanol–water partition coefficient (Wildman–Crippen LogP) is 3.36. The molecule has 0 aliphatic heterocycles. The quantitative estimate of drug-likeness (QED) is 0.839. The van der Waals surface area contributed by atoms with E-state index in [0.29, 0.717) is 6.54 Å². The minimum atomic E-state index is 0.255. The summed E-state index contributed by atoms with van der Waals surface area (Å²) in [7, 11) is 0. The largest absolute Gasteiger partial charge is 0.329 e. The van der Waals surface area contributed by atoms with Crippen LogP contribution in [-0.4, -0.2) is 29.5 Å². The molecule has 0 amide bonds. The third kappa shape index (κ3) is 3.17. The molecular weight excluding hydrogens is 246 g/mol. The summed E-state index contributed by atoms with van der Waals surface area (Å²) in [5, 5.41) is 1.19. The van der Waals surface area contributed by atoms with Gasteiger partial charge in [0.2, 0.25) is 0 Å². The zero-order valence-corrected chi connectivity index (χ0v) is 12.5. The van der Waals surface area contributed by atoms with Gasteiger partial charge in [-0.3, -0.25) is 9.88 Å². The van der Waals surface area contributed by atoms with Gasteiger partial charge in [0.15, 0.2) is 0 Å². The predicted molar refractivity (Wildman–Crippen MR) is 85.7 cm³/mol. The van der Waals surface area contributed by atoms with Crippen molar-refractivity contribution in [3.05, 3.63) is 42.1 Å². The van der Waals surface area contributed by atoms with Crippen LogP contribution in [0, 0.1) is 0 Å². The smallest absolute Gasteiger partial charge is 0.0750 e. The van der Waals surface area contributed by atoms with E-state index >= 15 is 0 Å². The summed E-state index contributed by atoms with van der Waals surface area (Å²) < 4.78 is 0. The SMILES string of the molecule is CCCCN(CC)C(CN)c1cccc2cccnc12. The first kappa shape index (κ1) is 14.9. The van der Waals surface area contributed by atoms with E-state index in [0.717, 1.165) is 18.6 Å². The number of fused-ring (bicyclic) bond motifs is 1. The second-order valence-corrected chi connectivity index (χ2v) is 5.16. The Kier molecular flexibility index (Phi) is 5.50. The summed E-state index contributed by atoms with van der Waals surface area (Å²) >= 11 is 0. The number of unbranched alkanes of at least 4 members (excludes halogenated alkanes) is 1. The van der Waals surface area contributed by atoms with E-state index < -0.39 is 0 Å². The highest BCUT2D eigenvalue weighted by atomic mass is 15.2. The van der Waals surface area contributed by atoms with Gasteiger partial charge in [0.1, 0.15) is 0 Å². The molecule has 1 aromatic carbocycles. The maximum absolute atomic E-state index is 6.07. The Morgan fingerprint density at radius 2 is 2.00 bits per heavy atom. The maximum atomic E-state index is 6.07. The number of hydrogen-bond donors (Lipinski definition) is 1. The molecule has 0 aliphatic rings. The summed E-state index contributed by atoms with van der Waals surface area (Å²) in [5.41, 5.74) is 8.41. The molecule has 0 saturated heterocycles. The molecule has 0 saturated carbocycles. The topological polar surface area (TPSA) is 42.1 Å². The summed E-state index contributed by atoms with van der Waals surface area (Å²) in [6, 6.07) is 10.7. The van der Waals surface area contributed by atoms with E-state index in [1.807, 2.05) is 12.3 Å². The molecule has 20 heavy (non-hydrogen) atoms. The van der Waals surface area contributed by atoms with Crippen molar-refractivity contribution in [2.45, 2.75) is 32.7 Å². The molecule has 2 N–H and O–H groups in total. The third-order valence-corrected chi connectivity index (χ3v) is 3.89. The summed E-state index contributed by atoms with van der Waals surface area (Å²) in [6.45, 7) is 7.18. The zero-order valence-electron chi connectivity index (χ0n) is 12.5. The summed E-state index contributed by atoms with van der Waals surface area (Å²) in [4.78, 5) is 7.03. The number of para-hydroxylation sites is 1. The fourth-order valence-electron chi connectivity index (χ4n) is 2.76. The number of rotatable bonds is 7. The molecular formula is C17H25N3. The van der Waals surface area contributed by atoms with Gasteiger partial charge in [-0.25, -0.2) is 0 Å². The lowest BCUT2D eigenvalue weighted by molar-refractivity contribution is 0.210. The van der Waals surface area contributed by atoms with Crippen LogP contribution in [0.1, 0.15) is 38.3 Å². The normalized spacial score (nSPS) is 13.0. The standard InChI is InChI=1S/C17H25N3/c1-3-5-12-20(4-2)16(13-18)15-10-6-8-14-9-7-11-19-17(14)15/h6-11,16H,3-5,12-13,18H2,1-2H3. The maximum Gasteiger partial charge on any atom is 0.0750 e. The van der Waals surface area contributed by atoms with E-state index in [2.05, 4.69) is 48.0 Å². The molecule has 1 heterocycles. The van der Waals surface area contributed by atoms with Crippen LogP contribution in [0.25, 0.3) is 10.9 Å². The van der Waals surface area contributed by atoms with Crippen molar-refractivity contribution in [2.24, 2.45) is 5.73 Å². The lowest BCUT2D eigenvalue weighted by Crippen LogP contribution is -2.34. The monoisotopic (exact) mass is 271 g/mol. The fourth-order valence-corrected chi connectivity index (χ4v) is 2.76. The minimum Gasteiger partial charge on any atom is -0.329 e. The van der Waals surface area contributed by atoms with Crippen LogP contribution in [0.2, 0.25) is 0 Å². The van der Waals surface area contributed by atoms with Gasteiger partial charge in [-0.15, -0.1) is 0 Å². The van der Waals surface area contributed by atoms with E-state index in [1.54, 1.807) is 0 Å². The number of likely N-dealkylation sites (N-methyl/N-ethyl adjacent to an activating group) is 1. The summed E-state index contributed by atoms with van der Waals surface area (Å²) in [6.07, 6.45) is 4.28. The van der Waals surface area contributed by atoms with Crippen molar-refractivity contribution in [3.63, 3.8) is 0 Å². The van der Waals surface area contributed by atoms with Crippen LogP contribution in [0.3, 0.4) is 0 Å². The number of aromatic nitrogens is 1. The van der Waals surface area contributed by atoms with Crippen LogP contribution in [0.4, 0.5) is 0 Å². The molecule has 3 nitrogen and oxygen atoms in total. The molecule has 2 aromatic rings. The molecule has 1 atom stereocenters. The van der Waals surface area contributed by atoms with Crippen molar-refractivity contribution in [1.82, 2.24) is 9.88 Å². The lowest BCUT2D eigenvalue weighted by atomic mass is 10.0. The Morgan fingerprint density at radius 1 is 1.20 bits per heavy atom. The average Bonchev–Trinajstić information content (AvgIpc) is 2.51. The van der Waals surface area contributed by atoms with Crippen LogP contribution < -0.4 is 5.73 Å². The van der Waals surface area contributed by atoms with Crippen LogP contribution >= 0.6 is 0 Å². The van der Waals surface area contributed by atoms with E-state index in [9.17, 15) is 0 Å². The number of benzene rings is 1. The van der Waals surface area contributed by atoms with Crippen molar-refractivity contribution in [1.29, 1.82) is 0 Å². The highest BCUT2D eigenvalue weighted by molar-refractivity contribution is 5.82. The number of nitrogens with two attached hydrogens (primary N) is 1. The van der Waals surface area contributed by atoms with Gasteiger partial charge in [0.25, 0.3) is 0 Å². The minimum absolute atomic E-state index is 0.255. The number of hydrogen-bond acceptors (Lipinski definition) is 3. The molecule has 108 valence electrons. The van der Waals surface area contributed by atoms with Gasteiger partial charge < -0.3 is 5.73 Å². The van der Waals surface area contributed by atoms with E-state index in [-0.39, 0.29) is 6.04 Å². The molecule has 0 spiro atoms. The molecule has 0 fully saturated rings.